The zero-order valence-electron chi connectivity index (χ0n) is 12.2. The van der Waals surface area contributed by atoms with E-state index >= 15 is 0 Å². The first-order valence-corrected chi connectivity index (χ1v) is 7.78. The summed E-state index contributed by atoms with van der Waals surface area (Å²) in [5.41, 5.74) is 2.46. The third-order valence-corrected chi connectivity index (χ3v) is 4.26. The molecule has 1 atom stereocenters. The van der Waals surface area contributed by atoms with E-state index in [1.807, 2.05) is 7.05 Å². The van der Waals surface area contributed by atoms with Crippen LogP contribution in [0, 0.1) is 0 Å². The first-order valence-electron chi connectivity index (χ1n) is 7.40. The molecule has 3 heteroatoms. The molecule has 0 aliphatic heterocycles. The van der Waals surface area contributed by atoms with Crippen molar-refractivity contribution in [3.63, 3.8) is 0 Å². The topological polar surface area (TPSA) is 15.3 Å². The highest BCUT2D eigenvalue weighted by Crippen LogP contribution is 2.37. The fourth-order valence-corrected chi connectivity index (χ4v) is 2.70. The van der Waals surface area contributed by atoms with Gasteiger partial charge in [-0.2, -0.15) is 0 Å². The quantitative estimate of drug-likeness (QED) is 0.797. The molecule has 2 nitrogen and oxygen atoms in total. The zero-order valence-corrected chi connectivity index (χ0v) is 13.0. The van der Waals surface area contributed by atoms with E-state index in [4.69, 9.17) is 11.6 Å². The van der Waals surface area contributed by atoms with Crippen LogP contribution in [0.15, 0.2) is 18.2 Å². The molecule has 1 aromatic carbocycles. The van der Waals surface area contributed by atoms with Gasteiger partial charge in [0, 0.05) is 18.6 Å². The Labute approximate surface area is 122 Å². The molecular formula is C16H25ClN2. The number of benzene rings is 1. The van der Waals surface area contributed by atoms with Crippen molar-refractivity contribution in [1.29, 1.82) is 0 Å². The Kier molecular flexibility index (Phi) is 5.12. The minimum Gasteiger partial charge on any atom is -0.367 e. The summed E-state index contributed by atoms with van der Waals surface area (Å²) in [5, 5.41) is 4.15. The van der Waals surface area contributed by atoms with Gasteiger partial charge in [0.25, 0.3) is 0 Å². The van der Waals surface area contributed by atoms with Crippen LogP contribution in [-0.4, -0.2) is 19.6 Å². The molecule has 0 saturated heterocycles. The first-order chi connectivity index (χ1) is 9.17. The number of nitrogens with zero attached hydrogens (tertiary/aromatic N) is 1. The normalized spacial score (nSPS) is 16.4. The lowest BCUT2D eigenvalue weighted by atomic mass is 10.1. The fraction of sp³-hybridized carbons (Fsp3) is 0.625. The van der Waals surface area contributed by atoms with Crippen molar-refractivity contribution in [2.75, 3.05) is 18.5 Å². The first kappa shape index (κ1) is 14.7. The highest BCUT2D eigenvalue weighted by atomic mass is 35.5. The minimum atomic E-state index is 0.344. The van der Waals surface area contributed by atoms with Gasteiger partial charge in [-0.25, -0.2) is 0 Å². The summed E-state index contributed by atoms with van der Waals surface area (Å²) in [6.07, 6.45) is 5.10. The number of hydrogen-bond donors (Lipinski definition) is 1. The minimum absolute atomic E-state index is 0.344. The highest BCUT2D eigenvalue weighted by Gasteiger charge is 2.29. The second-order valence-electron chi connectivity index (χ2n) is 5.50. The van der Waals surface area contributed by atoms with Crippen molar-refractivity contribution in [3.05, 3.63) is 28.8 Å². The number of anilines is 1. The number of rotatable bonds is 7. The van der Waals surface area contributed by atoms with Gasteiger partial charge in [-0.3, -0.25) is 0 Å². The molecule has 0 radical (unpaired) electrons. The van der Waals surface area contributed by atoms with Gasteiger partial charge in [0.05, 0.1) is 10.7 Å². The number of halogens is 1. The average Bonchev–Trinajstić information content (AvgIpc) is 3.24. The monoisotopic (exact) mass is 280 g/mol. The second kappa shape index (κ2) is 6.62. The Balaban J connectivity index is 2.17. The molecule has 1 aromatic rings. The predicted molar refractivity (Wildman–Crippen MR) is 84.2 cm³/mol. The SMILES string of the molecule is CCCCN(c1ccc(C(C)NC)cc1Cl)C1CC1. The van der Waals surface area contributed by atoms with Crippen LogP contribution in [0.5, 0.6) is 0 Å². The third kappa shape index (κ3) is 3.64. The van der Waals surface area contributed by atoms with Gasteiger partial charge in [-0.15, -0.1) is 0 Å². The van der Waals surface area contributed by atoms with Gasteiger partial charge in [0.1, 0.15) is 0 Å². The van der Waals surface area contributed by atoms with Crippen molar-refractivity contribution in [2.24, 2.45) is 0 Å². The number of hydrogen-bond acceptors (Lipinski definition) is 2. The van der Waals surface area contributed by atoms with E-state index in [9.17, 15) is 0 Å². The molecule has 0 amide bonds. The third-order valence-electron chi connectivity index (χ3n) is 3.95. The Hall–Kier alpha value is -0.730. The van der Waals surface area contributed by atoms with E-state index in [2.05, 4.69) is 42.3 Å². The van der Waals surface area contributed by atoms with Gasteiger partial charge in [-0.1, -0.05) is 31.0 Å². The largest absolute Gasteiger partial charge is 0.367 e. The van der Waals surface area contributed by atoms with Crippen molar-refractivity contribution < 1.29 is 0 Å². The number of unbranched alkanes of at least 4 members (excludes halogenated alkanes) is 1. The molecule has 19 heavy (non-hydrogen) atoms. The summed E-state index contributed by atoms with van der Waals surface area (Å²) in [4.78, 5) is 2.50. The summed E-state index contributed by atoms with van der Waals surface area (Å²) in [6.45, 7) is 5.52. The van der Waals surface area contributed by atoms with Crippen LogP contribution >= 0.6 is 11.6 Å². The molecule has 1 aliphatic carbocycles. The van der Waals surface area contributed by atoms with Crippen LogP contribution in [-0.2, 0) is 0 Å². The van der Waals surface area contributed by atoms with Gasteiger partial charge >= 0.3 is 0 Å². The van der Waals surface area contributed by atoms with E-state index in [1.165, 1.54) is 36.9 Å². The van der Waals surface area contributed by atoms with Gasteiger partial charge in [0.2, 0.25) is 0 Å². The van der Waals surface area contributed by atoms with Crippen LogP contribution in [0.3, 0.4) is 0 Å². The molecule has 0 heterocycles. The van der Waals surface area contributed by atoms with E-state index in [0.29, 0.717) is 6.04 Å². The van der Waals surface area contributed by atoms with Gasteiger partial charge in [-0.05, 0) is 50.9 Å². The number of nitrogens with one attached hydrogen (secondary N) is 1. The molecule has 0 spiro atoms. The molecule has 2 rings (SSSR count). The lowest BCUT2D eigenvalue weighted by molar-refractivity contribution is 0.652. The van der Waals surface area contributed by atoms with Crippen LogP contribution in [0.2, 0.25) is 5.02 Å². The Morgan fingerprint density at radius 1 is 1.42 bits per heavy atom. The maximum atomic E-state index is 6.51. The smallest absolute Gasteiger partial charge is 0.0642 e. The lowest BCUT2D eigenvalue weighted by Crippen LogP contribution is -2.27. The maximum Gasteiger partial charge on any atom is 0.0642 e. The van der Waals surface area contributed by atoms with Crippen LogP contribution in [0.4, 0.5) is 5.69 Å². The van der Waals surface area contributed by atoms with E-state index in [-0.39, 0.29) is 0 Å². The summed E-state index contributed by atoms with van der Waals surface area (Å²) in [7, 11) is 1.98. The summed E-state index contributed by atoms with van der Waals surface area (Å²) in [5.74, 6) is 0. The van der Waals surface area contributed by atoms with Gasteiger partial charge < -0.3 is 10.2 Å². The Morgan fingerprint density at radius 3 is 2.68 bits per heavy atom. The lowest BCUT2D eigenvalue weighted by Gasteiger charge is -2.26. The van der Waals surface area contributed by atoms with E-state index < -0.39 is 0 Å². The fourth-order valence-electron chi connectivity index (χ4n) is 2.41. The summed E-state index contributed by atoms with van der Waals surface area (Å²) >= 11 is 6.51. The molecule has 0 aromatic heterocycles. The van der Waals surface area contributed by atoms with Crippen LogP contribution in [0.25, 0.3) is 0 Å². The highest BCUT2D eigenvalue weighted by molar-refractivity contribution is 6.33. The van der Waals surface area contributed by atoms with Crippen molar-refractivity contribution in [1.82, 2.24) is 5.32 Å². The van der Waals surface area contributed by atoms with Crippen LogP contribution < -0.4 is 10.2 Å². The average molecular weight is 281 g/mol. The maximum absolute atomic E-state index is 6.51. The predicted octanol–water partition coefficient (Wildman–Crippen LogP) is 4.39. The standard InChI is InChI=1S/C16H25ClN2/c1-4-5-10-19(14-7-8-14)16-9-6-13(11-15(16)17)12(2)18-3/h6,9,11-12,14,18H,4-5,7-8,10H2,1-3H3. The molecule has 1 unspecified atom stereocenters. The Bertz CT molecular complexity index is 415. The molecule has 1 aliphatic rings. The Morgan fingerprint density at radius 2 is 2.16 bits per heavy atom. The summed E-state index contributed by atoms with van der Waals surface area (Å²) in [6, 6.07) is 7.57. The molecule has 0 bridgehead atoms. The summed E-state index contributed by atoms with van der Waals surface area (Å²) < 4.78 is 0. The molecule has 1 saturated carbocycles. The molecule has 1 N–H and O–H groups in total. The van der Waals surface area contributed by atoms with Crippen molar-refractivity contribution in [2.45, 2.75) is 51.6 Å². The second-order valence-corrected chi connectivity index (χ2v) is 5.91. The molecular weight excluding hydrogens is 256 g/mol. The van der Waals surface area contributed by atoms with Crippen LogP contribution in [0.1, 0.15) is 51.1 Å². The molecule has 106 valence electrons. The van der Waals surface area contributed by atoms with Gasteiger partial charge in [0.15, 0.2) is 0 Å². The van der Waals surface area contributed by atoms with Crippen molar-refractivity contribution >= 4 is 17.3 Å². The molecule has 1 fully saturated rings. The van der Waals surface area contributed by atoms with Crippen molar-refractivity contribution in [3.8, 4) is 0 Å². The zero-order chi connectivity index (χ0) is 13.8. The van der Waals surface area contributed by atoms with E-state index in [1.54, 1.807) is 0 Å². The van der Waals surface area contributed by atoms with E-state index in [0.717, 1.165) is 17.6 Å².